The number of benzene rings is 1. The number of aromatic nitrogens is 2. The van der Waals surface area contributed by atoms with Crippen LogP contribution in [0.3, 0.4) is 0 Å². The molecule has 1 amide bonds. The fraction of sp³-hybridized carbons (Fsp3) is 0.474. The molecule has 1 atom stereocenters. The van der Waals surface area contributed by atoms with Gasteiger partial charge >= 0.3 is 0 Å². The molecule has 3 rings (SSSR count). The molecule has 0 bridgehead atoms. The van der Waals surface area contributed by atoms with E-state index in [1.54, 1.807) is 7.11 Å². The number of amides is 1. The van der Waals surface area contributed by atoms with Crippen LogP contribution in [0.5, 0.6) is 5.75 Å². The molecule has 0 N–H and O–H groups in total. The monoisotopic (exact) mass is 343 g/mol. The summed E-state index contributed by atoms with van der Waals surface area (Å²) in [5.74, 6) is 0.837. The van der Waals surface area contributed by atoms with Gasteiger partial charge in [0.15, 0.2) is 6.61 Å². The molecule has 1 aliphatic heterocycles. The predicted molar refractivity (Wildman–Crippen MR) is 94.6 cm³/mol. The number of methoxy groups -OCH3 is 1. The molecular formula is C19H25N3O3. The molecule has 25 heavy (non-hydrogen) atoms. The van der Waals surface area contributed by atoms with Crippen molar-refractivity contribution in [1.82, 2.24) is 14.7 Å². The Bertz CT molecular complexity index is 741. The van der Waals surface area contributed by atoms with E-state index >= 15 is 0 Å². The van der Waals surface area contributed by atoms with Gasteiger partial charge in [0.2, 0.25) is 0 Å². The molecule has 1 aromatic carbocycles. The first kappa shape index (κ1) is 17.5. The normalized spacial score (nSPS) is 16.6. The highest BCUT2D eigenvalue weighted by Gasteiger charge is 2.31. The van der Waals surface area contributed by atoms with Crippen molar-refractivity contribution in [3.63, 3.8) is 0 Å². The van der Waals surface area contributed by atoms with E-state index in [-0.39, 0.29) is 18.4 Å². The SMILES string of the molecule is CCn1cc2c(n1)[C@H](COC)CN(C(=O)COc1ccccc1C)C2. The highest BCUT2D eigenvalue weighted by atomic mass is 16.5. The van der Waals surface area contributed by atoms with E-state index in [1.165, 1.54) is 0 Å². The van der Waals surface area contributed by atoms with Crippen molar-refractivity contribution in [3.8, 4) is 5.75 Å². The molecule has 0 aliphatic carbocycles. The van der Waals surface area contributed by atoms with E-state index in [4.69, 9.17) is 9.47 Å². The van der Waals surface area contributed by atoms with Crippen LogP contribution in [0.25, 0.3) is 0 Å². The third kappa shape index (κ3) is 3.85. The molecule has 0 fully saturated rings. The zero-order valence-corrected chi connectivity index (χ0v) is 15.1. The Labute approximate surface area is 148 Å². The predicted octanol–water partition coefficient (Wildman–Crippen LogP) is 2.36. The number of hydrogen-bond acceptors (Lipinski definition) is 4. The maximum Gasteiger partial charge on any atom is 0.260 e. The fourth-order valence-corrected chi connectivity index (χ4v) is 3.20. The molecule has 2 heterocycles. The number of hydrogen-bond donors (Lipinski definition) is 0. The second-order valence-corrected chi connectivity index (χ2v) is 6.38. The van der Waals surface area contributed by atoms with E-state index in [0.717, 1.165) is 29.1 Å². The van der Waals surface area contributed by atoms with Gasteiger partial charge in [0, 0.05) is 44.4 Å². The first-order valence-corrected chi connectivity index (χ1v) is 8.63. The number of nitrogens with zero attached hydrogens (tertiary/aromatic N) is 3. The summed E-state index contributed by atoms with van der Waals surface area (Å²) in [7, 11) is 1.68. The Morgan fingerprint density at radius 2 is 2.16 bits per heavy atom. The van der Waals surface area contributed by atoms with Crippen LogP contribution in [-0.4, -0.2) is 47.5 Å². The van der Waals surface area contributed by atoms with Crippen molar-refractivity contribution in [2.45, 2.75) is 32.9 Å². The summed E-state index contributed by atoms with van der Waals surface area (Å²) in [5.41, 5.74) is 3.17. The molecule has 134 valence electrons. The average Bonchev–Trinajstić information content (AvgIpc) is 3.04. The maximum atomic E-state index is 12.7. The average molecular weight is 343 g/mol. The van der Waals surface area contributed by atoms with E-state index in [0.29, 0.717) is 19.7 Å². The zero-order valence-electron chi connectivity index (χ0n) is 15.1. The fourth-order valence-electron chi connectivity index (χ4n) is 3.20. The third-order valence-electron chi connectivity index (χ3n) is 4.55. The van der Waals surface area contributed by atoms with Crippen molar-refractivity contribution < 1.29 is 14.3 Å². The van der Waals surface area contributed by atoms with Crippen LogP contribution in [-0.2, 0) is 22.6 Å². The lowest BCUT2D eigenvalue weighted by atomic mass is 9.97. The van der Waals surface area contributed by atoms with Crippen LogP contribution in [0.1, 0.15) is 29.7 Å². The number of fused-ring (bicyclic) bond motifs is 1. The van der Waals surface area contributed by atoms with Crippen molar-refractivity contribution in [1.29, 1.82) is 0 Å². The number of aryl methyl sites for hydroxylation is 2. The lowest BCUT2D eigenvalue weighted by Crippen LogP contribution is -2.41. The minimum atomic E-state index is -0.0146. The van der Waals surface area contributed by atoms with Gasteiger partial charge in [-0.15, -0.1) is 0 Å². The number of carbonyl (C=O) groups is 1. The summed E-state index contributed by atoms with van der Waals surface area (Å²) >= 11 is 0. The van der Waals surface area contributed by atoms with Crippen molar-refractivity contribution in [2.75, 3.05) is 26.9 Å². The Hall–Kier alpha value is -2.34. The molecule has 0 saturated carbocycles. The Kier molecular flexibility index (Phi) is 5.38. The maximum absolute atomic E-state index is 12.7. The Balaban J connectivity index is 1.69. The number of rotatable bonds is 6. The van der Waals surface area contributed by atoms with E-state index in [9.17, 15) is 4.79 Å². The van der Waals surface area contributed by atoms with Crippen LogP contribution in [0.15, 0.2) is 30.5 Å². The summed E-state index contributed by atoms with van der Waals surface area (Å²) in [6.45, 7) is 6.63. The van der Waals surface area contributed by atoms with Crippen LogP contribution in [0, 0.1) is 6.92 Å². The van der Waals surface area contributed by atoms with E-state index in [2.05, 4.69) is 12.0 Å². The lowest BCUT2D eigenvalue weighted by molar-refractivity contribution is -0.134. The van der Waals surface area contributed by atoms with Crippen molar-refractivity contribution >= 4 is 5.91 Å². The van der Waals surface area contributed by atoms with Crippen LogP contribution < -0.4 is 4.74 Å². The van der Waals surface area contributed by atoms with Gasteiger partial charge in [0.25, 0.3) is 5.91 Å². The minimum absolute atomic E-state index is 0.0146. The van der Waals surface area contributed by atoms with Crippen LogP contribution in [0.2, 0.25) is 0 Å². The summed E-state index contributed by atoms with van der Waals surface area (Å²) < 4.78 is 13.0. The smallest absolute Gasteiger partial charge is 0.260 e. The first-order valence-electron chi connectivity index (χ1n) is 8.63. The molecule has 1 aliphatic rings. The van der Waals surface area contributed by atoms with Crippen molar-refractivity contribution in [3.05, 3.63) is 47.3 Å². The molecule has 0 unspecified atom stereocenters. The molecule has 0 spiro atoms. The van der Waals surface area contributed by atoms with Gasteiger partial charge in [-0.25, -0.2) is 0 Å². The Morgan fingerprint density at radius 3 is 2.88 bits per heavy atom. The minimum Gasteiger partial charge on any atom is -0.484 e. The van der Waals surface area contributed by atoms with Gasteiger partial charge in [-0.2, -0.15) is 5.10 Å². The second-order valence-electron chi connectivity index (χ2n) is 6.38. The van der Waals surface area contributed by atoms with Gasteiger partial charge in [-0.1, -0.05) is 18.2 Å². The van der Waals surface area contributed by atoms with Gasteiger partial charge < -0.3 is 14.4 Å². The highest BCUT2D eigenvalue weighted by Crippen LogP contribution is 2.27. The van der Waals surface area contributed by atoms with Gasteiger partial charge in [0.1, 0.15) is 5.75 Å². The summed E-state index contributed by atoms with van der Waals surface area (Å²) in [6, 6.07) is 7.72. The quantitative estimate of drug-likeness (QED) is 0.808. The van der Waals surface area contributed by atoms with Gasteiger partial charge in [-0.05, 0) is 25.5 Å². The number of para-hydroxylation sites is 1. The topological polar surface area (TPSA) is 56.6 Å². The molecule has 0 radical (unpaired) electrons. The van der Waals surface area contributed by atoms with Crippen LogP contribution >= 0.6 is 0 Å². The number of carbonyl (C=O) groups excluding carboxylic acids is 1. The Morgan fingerprint density at radius 1 is 1.36 bits per heavy atom. The van der Waals surface area contributed by atoms with E-state index < -0.39 is 0 Å². The summed E-state index contributed by atoms with van der Waals surface area (Å²) in [4.78, 5) is 14.5. The van der Waals surface area contributed by atoms with Crippen LogP contribution in [0.4, 0.5) is 0 Å². The van der Waals surface area contributed by atoms with Gasteiger partial charge in [0.05, 0.1) is 12.3 Å². The third-order valence-corrected chi connectivity index (χ3v) is 4.55. The highest BCUT2D eigenvalue weighted by molar-refractivity contribution is 5.78. The van der Waals surface area contributed by atoms with Crippen molar-refractivity contribution in [2.24, 2.45) is 0 Å². The molecule has 2 aromatic rings. The zero-order chi connectivity index (χ0) is 17.8. The molecular weight excluding hydrogens is 318 g/mol. The summed E-state index contributed by atoms with van der Waals surface area (Å²) in [6.07, 6.45) is 2.03. The first-order chi connectivity index (χ1) is 12.1. The standard InChI is InChI=1S/C19H25N3O3/c1-4-22-11-15-9-21(10-16(12-24-3)19(15)20-22)18(23)13-25-17-8-6-5-7-14(17)2/h5-8,11,16H,4,9-10,12-13H2,1-3H3/t16-/m0/s1. The van der Waals surface area contributed by atoms with E-state index in [1.807, 2.05) is 47.0 Å². The molecule has 6 heteroatoms. The second kappa shape index (κ2) is 7.70. The summed E-state index contributed by atoms with van der Waals surface area (Å²) in [5, 5.41) is 4.64. The number of ether oxygens (including phenoxy) is 2. The molecule has 6 nitrogen and oxygen atoms in total. The lowest BCUT2D eigenvalue weighted by Gasteiger charge is -2.31. The van der Waals surface area contributed by atoms with Gasteiger partial charge in [-0.3, -0.25) is 9.48 Å². The molecule has 1 aromatic heterocycles. The largest absolute Gasteiger partial charge is 0.484 e. The molecule has 0 saturated heterocycles.